The van der Waals surface area contributed by atoms with Gasteiger partial charge in [-0.05, 0) is 61.3 Å². The van der Waals surface area contributed by atoms with Crippen molar-refractivity contribution in [2.24, 2.45) is 5.92 Å². The normalized spacial score (nSPS) is 18.0. The van der Waals surface area contributed by atoms with Crippen molar-refractivity contribution in [1.29, 1.82) is 0 Å². The Bertz CT molecular complexity index is 986. The maximum Gasteiger partial charge on any atom is 0.230 e. The number of hydrogen-bond acceptors (Lipinski definition) is 4. The van der Waals surface area contributed by atoms with Crippen molar-refractivity contribution in [3.8, 4) is 28.3 Å². The van der Waals surface area contributed by atoms with E-state index in [-0.39, 0.29) is 0 Å². The average molecular weight is 475 g/mol. The Balaban J connectivity index is 1.29. The molecule has 1 heterocycles. The van der Waals surface area contributed by atoms with Crippen LogP contribution in [0.4, 0.5) is 0 Å². The van der Waals surface area contributed by atoms with Crippen LogP contribution in [0.2, 0.25) is 0 Å². The van der Waals surface area contributed by atoms with Gasteiger partial charge in [0.2, 0.25) is 11.7 Å². The Morgan fingerprint density at radius 2 is 1.37 bits per heavy atom. The molecule has 4 heteroatoms. The summed E-state index contributed by atoms with van der Waals surface area (Å²) in [5.41, 5.74) is 3.36. The average Bonchev–Trinajstić information content (AvgIpc) is 3.40. The van der Waals surface area contributed by atoms with Crippen LogP contribution >= 0.6 is 0 Å². The highest BCUT2D eigenvalue weighted by atomic mass is 16.5. The molecule has 0 bridgehead atoms. The quantitative estimate of drug-likeness (QED) is 0.232. The topological polar surface area (TPSA) is 48.2 Å². The summed E-state index contributed by atoms with van der Waals surface area (Å²) in [5.74, 6) is 3.77. The second kappa shape index (κ2) is 13.5. The molecule has 1 aromatic heterocycles. The van der Waals surface area contributed by atoms with Gasteiger partial charge in [-0.2, -0.15) is 4.98 Å². The Labute approximate surface area is 211 Å². The molecule has 35 heavy (non-hydrogen) atoms. The van der Waals surface area contributed by atoms with Crippen molar-refractivity contribution in [3.05, 3.63) is 54.4 Å². The minimum Gasteiger partial charge on any atom is -0.494 e. The fraction of sp³-hybridized carbons (Fsp3) is 0.548. The van der Waals surface area contributed by atoms with Crippen LogP contribution in [0.5, 0.6) is 5.75 Å². The summed E-state index contributed by atoms with van der Waals surface area (Å²) in [6.07, 6.45) is 15.3. The number of nitrogens with zero attached hydrogens (tertiary/aromatic N) is 2. The summed E-state index contributed by atoms with van der Waals surface area (Å²) >= 11 is 0. The lowest BCUT2D eigenvalue weighted by Crippen LogP contribution is -2.13. The van der Waals surface area contributed by atoms with Crippen molar-refractivity contribution in [1.82, 2.24) is 10.1 Å². The molecule has 0 amide bonds. The third-order valence-electron chi connectivity index (χ3n) is 7.45. The van der Waals surface area contributed by atoms with E-state index in [2.05, 4.69) is 67.5 Å². The summed E-state index contributed by atoms with van der Waals surface area (Å²) in [4.78, 5) is 4.77. The standard InChI is InChI=1S/C31H42N2O2/c1-3-5-7-9-23-34-29-21-19-26(20-22-29)25-15-17-27(18-16-25)30-32-31(35-33-30)28-13-11-24(12-14-28)10-8-6-4-2/h15-22,24,28H,3-14,23H2,1-2H3. The highest BCUT2D eigenvalue weighted by Crippen LogP contribution is 2.37. The zero-order valence-electron chi connectivity index (χ0n) is 21.7. The molecule has 188 valence electrons. The molecule has 2 aromatic carbocycles. The third kappa shape index (κ3) is 7.43. The van der Waals surface area contributed by atoms with Gasteiger partial charge in [-0.25, -0.2) is 0 Å². The lowest BCUT2D eigenvalue weighted by molar-refractivity contribution is 0.259. The van der Waals surface area contributed by atoms with Crippen LogP contribution in [0.3, 0.4) is 0 Å². The highest BCUT2D eigenvalue weighted by molar-refractivity contribution is 5.68. The first-order valence-corrected chi connectivity index (χ1v) is 13.9. The Hall–Kier alpha value is -2.62. The van der Waals surface area contributed by atoms with Crippen LogP contribution < -0.4 is 4.74 Å². The number of ether oxygens (including phenoxy) is 1. The molecule has 0 aliphatic heterocycles. The first-order valence-electron chi connectivity index (χ1n) is 13.9. The Kier molecular flexibility index (Phi) is 9.80. The van der Waals surface area contributed by atoms with Crippen molar-refractivity contribution in [2.45, 2.75) is 96.8 Å². The van der Waals surface area contributed by atoms with Crippen molar-refractivity contribution < 1.29 is 9.26 Å². The molecule has 3 aromatic rings. The smallest absolute Gasteiger partial charge is 0.230 e. The van der Waals surface area contributed by atoms with Gasteiger partial charge in [-0.15, -0.1) is 0 Å². The molecule has 4 nitrogen and oxygen atoms in total. The molecule has 1 saturated carbocycles. The van der Waals surface area contributed by atoms with E-state index < -0.39 is 0 Å². The second-order valence-corrected chi connectivity index (χ2v) is 10.2. The largest absolute Gasteiger partial charge is 0.494 e. The molecule has 1 aliphatic rings. The SMILES string of the molecule is CCCCCCOc1ccc(-c2ccc(-c3noc(C4CCC(CCCCC)CC4)n3)cc2)cc1. The van der Waals surface area contributed by atoms with Gasteiger partial charge in [0.05, 0.1) is 6.61 Å². The van der Waals surface area contributed by atoms with Crippen LogP contribution in [0, 0.1) is 5.92 Å². The molecule has 0 radical (unpaired) electrons. The summed E-state index contributed by atoms with van der Waals surface area (Å²) in [7, 11) is 0. The number of unbranched alkanes of at least 4 members (excludes halogenated alkanes) is 5. The van der Waals surface area contributed by atoms with Crippen LogP contribution in [-0.2, 0) is 0 Å². The molecule has 0 unspecified atom stereocenters. The summed E-state index contributed by atoms with van der Waals surface area (Å²) in [5, 5.41) is 4.30. The van der Waals surface area contributed by atoms with Crippen molar-refractivity contribution >= 4 is 0 Å². The summed E-state index contributed by atoms with van der Waals surface area (Å²) in [6.45, 7) is 5.30. The second-order valence-electron chi connectivity index (χ2n) is 10.2. The van der Waals surface area contributed by atoms with E-state index in [0.29, 0.717) is 11.7 Å². The van der Waals surface area contributed by atoms with Crippen molar-refractivity contribution in [2.75, 3.05) is 6.61 Å². The monoisotopic (exact) mass is 474 g/mol. The molecule has 1 fully saturated rings. The van der Waals surface area contributed by atoms with E-state index in [0.717, 1.165) is 36.1 Å². The number of aromatic nitrogens is 2. The maximum absolute atomic E-state index is 5.87. The number of benzene rings is 2. The Morgan fingerprint density at radius 3 is 2.06 bits per heavy atom. The lowest BCUT2D eigenvalue weighted by atomic mass is 9.79. The van der Waals surface area contributed by atoms with E-state index in [9.17, 15) is 0 Å². The van der Waals surface area contributed by atoms with Crippen LogP contribution in [0.15, 0.2) is 53.1 Å². The first-order chi connectivity index (χ1) is 17.3. The van der Waals surface area contributed by atoms with Crippen LogP contribution in [0.1, 0.15) is 103 Å². The maximum atomic E-state index is 5.87. The van der Waals surface area contributed by atoms with Gasteiger partial charge in [0, 0.05) is 11.5 Å². The van der Waals surface area contributed by atoms with E-state index in [1.165, 1.54) is 81.8 Å². The van der Waals surface area contributed by atoms with Gasteiger partial charge in [0.15, 0.2) is 0 Å². The molecule has 0 N–H and O–H groups in total. The number of rotatable bonds is 13. The molecule has 4 rings (SSSR count). The Morgan fingerprint density at radius 1 is 0.743 bits per heavy atom. The molecule has 0 saturated heterocycles. The van der Waals surface area contributed by atoms with Gasteiger partial charge >= 0.3 is 0 Å². The van der Waals surface area contributed by atoms with Gasteiger partial charge < -0.3 is 9.26 Å². The molecule has 0 spiro atoms. The third-order valence-corrected chi connectivity index (χ3v) is 7.45. The zero-order chi connectivity index (χ0) is 24.3. The first kappa shape index (κ1) is 25.5. The molecular formula is C31H42N2O2. The van der Waals surface area contributed by atoms with E-state index >= 15 is 0 Å². The minimum absolute atomic E-state index is 0.422. The van der Waals surface area contributed by atoms with Crippen molar-refractivity contribution in [3.63, 3.8) is 0 Å². The van der Waals surface area contributed by atoms with Gasteiger partial charge in [-0.3, -0.25) is 0 Å². The highest BCUT2D eigenvalue weighted by Gasteiger charge is 2.26. The molecule has 1 aliphatic carbocycles. The zero-order valence-corrected chi connectivity index (χ0v) is 21.7. The van der Waals surface area contributed by atoms with Crippen LogP contribution in [-0.4, -0.2) is 16.7 Å². The molecular weight excluding hydrogens is 432 g/mol. The van der Waals surface area contributed by atoms with Crippen LogP contribution in [0.25, 0.3) is 22.5 Å². The predicted octanol–water partition coefficient (Wildman–Crippen LogP) is 9.22. The fourth-order valence-electron chi connectivity index (χ4n) is 5.17. The van der Waals surface area contributed by atoms with Gasteiger partial charge in [0.25, 0.3) is 0 Å². The predicted molar refractivity (Wildman–Crippen MR) is 144 cm³/mol. The van der Waals surface area contributed by atoms with E-state index in [1.807, 2.05) is 0 Å². The summed E-state index contributed by atoms with van der Waals surface area (Å²) in [6, 6.07) is 16.8. The summed E-state index contributed by atoms with van der Waals surface area (Å²) < 4.78 is 11.6. The number of hydrogen-bond donors (Lipinski definition) is 0. The van der Waals surface area contributed by atoms with E-state index in [4.69, 9.17) is 14.2 Å². The minimum atomic E-state index is 0.422. The fourth-order valence-corrected chi connectivity index (χ4v) is 5.17. The van der Waals surface area contributed by atoms with E-state index in [1.54, 1.807) is 0 Å². The lowest BCUT2D eigenvalue weighted by Gasteiger charge is -2.26. The van der Waals surface area contributed by atoms with Gasteiger partial charge in [-0.1, -0.05) is 100 Å². The molecule has 0 atom stereocenters. The van der Waals surface area contributed by atoms with Gasteiger partial charge in [0.1, 0.15) is 5.75 Å².